The van der Waals surface area contributed by atoms with E-state index in [1.54, 1.807) is 25.1 Å². The van der Waals surface area contributed by atoms with Crippen LogP contribution in [0.15, 0.2) is 71.2 Å². The van der Waals surface area contributed by atoms with Crippen LogP contribution in [0.5, 0.6) is 0 Å². The molecular formula is C22H25N5O3S2. The number of aryl methyl sites for hydroxylation is 1. The van der Waals surface area contributed by atoms with Crippen molar-refractivity contribution in [2.45, 2.75) is 23.5 Å². The van der Waals surface area contributed by atoms with Crippen LogP contribution in [0.1, 0.15) is 5.56 Å². The largest absolute Gasteiger partial charge is 0.325 e. The molecule has 0 radical (unpaired) electrons. The molecule has 1 aromatic heterocycles. The molecule has 0 spiro atoms. The van der Waals surface area contributed by atoms with E-state index in [4.69, 9.17) is 0 Å². The second-order valence-electron chi connectivity index (χ2n) is 7.18. The van der Waals surface area contributed by atoms with E-state index in [2.05, 4.69) is 22.1 Å². The van der Waals surface area contributed by atoms with Gasteiger partial charge in [0.05, 0.1) is 10.6 Å². The summed E-state index contributed by atoms with van der Waals surface area (Å²) in [4.78, 5) is 12.7. The number of aromatic nitrogens is 3. The van der Waals surface area contributed by atoms with Crippen molar-refractivity contribution in [3.63, 3.8) is 0 Å². The van der Waals surface area contributed by atoms with E-state index in [1.807, 2.05) is 34.9 Å². The van der Waals surface area contributed by atoms with Crippen LogP contribution in [-0.4, -0.2) is 53.2 Å². The molecule has 0 aliphatic carbocycles. The maximum absolute atomic E-state index is 12.5. The first kappa shape index (κ1) is 23.7. The van der Waals surface area contributed by atoms with Gasteiger partial charge in [-0.05, 0) is 24.6 Å². The number of thioether (sulfide) groups is 1. The van der Waals surface area contributed by atoms with Gasteiger partial charge in [0.15, 0.2) is 11.0 Å². The quantitative estimate of drug-likeness (QED) is 0.379. The Bertz CT molecular complexity index is 1220. The van der Waals surface area contributed by atoms with Gasteiger partial charge in [-0.3, -0.25) is 9.36 Å². The normalized spacial score (nSPS) is 11.5. The van der Waals surface area contributed by atoms with Crippen molar-refractivity contribution in [2.75, 3.05) is 25.2 Å². The van der Waals surface area contributed by atoms with Crippen LogP contribution in [0.3, 0.4) is 0 Å². The van der Waals surface area contributed by atoms with Gasteiger partial charge in [0.2, 0.25) is 15.9 Å². The molecule has 0 atom stereocenters. The van der Waals surface area contributed by atoms with Crippen molar-refractivity contribution in [3.8, 4) is 11.4 Å². The van der Waals surface area contributed by atoms with Gasteiger partial charge in [-0.1, -0.05) is 54.2 Å². The predicted molar refractivity (Wildman–Crippen MR) is 127 cm³/mol. The number of allylic oxidation sites excluding steroid dienone is 1. The van der Waals surface area contributed by atoms with E-state index < -0.39 is 10.0 Å². The van der Waals surface area contributed by atoms with Gasteiger partial charge in [0, 0.05) is 31.9 Å². The maximum atomic E-state index is 12.5. The van der Waals surface area contributed by atoms with Gasteiger partial charge >= 0.3 is 0 Å². The van der Waals surface area contributed by atoms with Crippen molar-refractivity contribution in [1.29, 1.82) is 0 Å². The molecular weight excluding hydrogens is 446 g/mol. The highest BCUT2D eigenvalue weighted by Gasteiger charge is 2.21. The Morgan fingerprint density at radius 3 is 2.56 bits per heavy atom. The summed E-state index contributed by atoms with van der Waals surface area (Å²) in [7, 11) is -0.667. The number of nitrogens with one attached hydrogen (secondary N) is 1. The van der Waals surface area contributed by atoms with Crippen molar-refractivity contribution in [3.05, 3.63) is 66.7 Å². The number of hydrogen-bond acceptors (Lipinski definition) is 6. The summed E-state index contributed by atoms with van der Waals surface area (Å²) >= 11 is 1.25. The van der Waals surface area contributed by atoms with E-state index in [-0.39, 0.29) is 16.6 Å². The monoisotopic (exact) mass is 471 g/mol. The highest BCUT2D eigenvalue weighted by molar-refractivity contribution is 7.99. The molecule has 0 aliphatic heterocycles. The molecule has 0 fully saturated rings. The molecule has 8 nitrogen and oxygen atoms in total. The summed E-state index contributed by atoms with van der Waals surface area (Å²) in [6.45, 7) is 6.01. The number of carbonyl (C=O) groups is 1. The van der Waals surface area contributed by atoms with Crippen LogP contribution in [0.2, 0.25) is 0 Å². The Kier molecular flexibility index (Phi) is 7.49. The average Bonchev–Trinajstić information content (AvgIpc) is 3.17. The van der Waals surface area contributed by atoms with Gasteiger partial charge in [-0.15, -0.1) is 16.8 Å². The van der Waals surface area contributed by atoms with Gasteiger partial charge in [0.1, 0.15) is 0 Å². The fourth-order valence-electron chi connectivity index (χ4n) is 2.97. The minimum absolute atomic E-state index is 0.0910. The average molecular weight is 472 g/mol. The lowest BCUT2D eigenvalue weighted by Gasteiger charge is -2.15. The minimum Gasteiger partial charge on any atom is -0.325 e. The molecule has 168 valence electrons. The van der Waals surface area contributed by atoms with Crippen LogP contribution >= 0.6 is 11.8 Å². The third kappa shape index (κ3) is 5.26. The van der Waals surface area contributed by atoms with Crippen LogP contribution in [-0.2, 0) is 21.4 Å². The third-order valence-corrected chi connectivity index (χ3v) is 7.55. The molecule has 0 bridgehead atoms. The lowest BCUT2D eigenvalue weighted by molar-refractivity contribution is -0.113. The van der Waals surface area contributed by atoms with Gasteiger partial charge < -0.3 is 5.32 Å². The van der Waals surface area contributed by atoms with Crippen molar-refractivity contribution in [2.24, 2.45) is 0 Å². The number of benzene rings is 2. The maximum Gasteiger partial charge on any atom is 0.242 e. The number of rotatable bonds is 9. The Morgan fingerprint density at radius 1 is 1.19 bits per heavy atom. The summed E-state index contributed by atoms with van der Waals surface area (Å²) in [6, 6.07) is 14.5. The standard InChI is InChI=1S/C22H25N5O3S2/c1-5-13-27-21(17-9-7-6-8-10-17)24-25-22(27)31-15-20(28)23-18-12-11-16(2)19(14-18)32(29,30)26(3)4/h5-12,14H,1,13,15H2,2-4H3,(H,23,28). The molecule has 2 aromatic carbocycles. The van der Waals surface area contributed by atoms with Crippen LogP contribution in [0.4, 0.5) is 5.69 Å². The first-order chi connectivity index (χ1) is 15.2. The molecule has 0 saturated heterocycles. The van der Waals surface area contributed by atoms with E-state index in [0.717, 1.165) is 9.87 Å². The Balaban J connectivity index is 1.73. The zero-order chi connectivity index (χ0) is 23.3. The molecule has 0 unspecified atom stereocenters. The highest BCUT2D eigenvalue weighted by Crippen LogP contribution is 2.25. The Labute approximate surface area is 192 Å². The summed E-state index contributed by atoms with van der Waals surface area (Å²) in [5, 5.41) is 11.9. The molecule has 3 rings (SSSR count). The highest BCUT2D eigenvalue weighted by atomic mass is 32.2. The van der Waals surface area contributed by atoms with E-state index >= 15 is 0 Å². The summed E-state index contributed by atoms with van der Waals surface area (Å²) in [5.74, 6) is 0.514. The zero-order valence-corrected chi connectivity index (χ0v) is 19.8. The number of nitrogens with zero attached hydrogens (tertiary/aromatic N) is 4. The first-order valence-electron chi connectivity index (χ1n) is 9.79. The lowest BCUT2D eigenvalue weighted by Crippen LogP contribution is -2.23. The fourth-order valence-corrected chi connectivity index (χ4v) is 4.86. The van der Waals surface area contributed by atoms with Gasteiger partial charge in [-0.25, -0.2) is 12.7 Å². The molecule has 10 heteroatoms. The number of amides is 1. The molecule has 0 aliphatic rings. The van der Waals surface area contributed by atoms with E-state index in [0.29, 0.717) is 28.8 Å². The molecule has 0 saturated carbocycles. The molecule has 3 aromatic rings. The summed E-state index contributed by atoms with van der Waals surface area (Å²) < 4.78 is 28.0. The molecule has 32 heavy (non-hydrogen) atoms. The number of hydrogen-bond donors (Lipinski definition) is 1. The van der Waals surface area contributed by atoms with E-state index in [1.165, 1.54) is 31.9 Å². The topological polar surface area (TPSA) is 97.2 Å². The van der Waals surface area contributed by atoms with E-state index in [9.17, 15) is 13.2 Å². The Hall–Kier alpha value is -2.95. The van der Waals surface area contributed by atoms with Gasteiger partial charge in [-0.2, -0.15) is 0 Å². The van der Waals surface area contributed by atoms with Crippen LogP contribution in [0, 0.1) is 6.92 Å². The number of anilines is 1. The molecule has 1 amide bonds. The first-order valence-corrected chi connectivity index (χ1v) is 12.2. The van der Waals surface area contributed by atoms with Gasteiger partial charge in [0.25, 0.3) is 0 Å². The smallest absolute Gasteiger partial charge is 0.242 e. The third-order valence-electron chi connectivity index (χ3n) is 4.62. The minimum atomic E-state index is -3.61. The predicted octanol–water partition coefficient (Wildman–Crippen LogP) is 3.42. The van der Waals surface area contributed by atoms with Crippen LogP contribution < -0.4 is 5.32 Å². The number of sulfonamides is 1. The fraction of sp³-hybridized carbons (Fsp3) is 0.227. The zero-order valence-electron chi connectivity index (χ0n) is 18.1. The van der Waals surface area contributed by atoms with Crippen molar-refractivity contribution >= 4 is 33.4 Å². The summed E-state index contributed by atoms with van der Waals surface area (Å²) in [5.41, 5.74) is 1.95. The number of carbonyl (C=O) groups excluding carboxylic acids is 1. The van der Waals surface area contributed by atoms with Crippen LogP contribution in [0.25, 0.3) is 11.4 Å². The molecule has 1 heterocycles. The Morgan fingerprint density at radius 2 is 1.91 bits per heavy atom. The lowest BCUT2D eigenvalue weighted by atomic mass is 10.2. The second-order valence-corrected chi connectivity index (χ2v) is 10.2. The molecule has 1 N–H and O–H groups in total. The van der Waals surface area contributed by atoms with Crippen molar-refractivity contribution in [1.82, 2.24) is 19.1 Å². The SMILES string of the molecule is C=CCn1c(SCC(=O)Nc2ccc(C)c(S(=O)(=O)N(C)C)c2)nnc1-c1ccccc1. The second kappa shape index (κ2) is 10.1. The van der Waals surface area contributed by atoms with Crippen molar-refractivity contribution < 1.29 is 13.2 Å². The summed E-state index contributed by atoms with van der Waals surface area (Å²) in [6.07, 6.45) is 1.75.